The van der Waals surface area contributed by atoms with Crippen LogP contribution in [0.15, 0.2) is 23.1 Å². The molecule has 0 amide bonds. The van der Waals surface area contributed by atoms with Gasteiger partial charge in [0.25, 0.3) is 0 Å². The van der Waals surface area contributed by atoms with Gasteiger partial charge in [0.1, 0.15) is 15.7 Å². The normalized spacial score (nSPS) is 26.1. The fourth-order valence-electron chi connectivity index (χ4n) is 2.90. The Morgan fingerprint density at radius 3 is 2.70 bits per heavy atom. The summed E-state index contributed by atoms with van der Waals surface area (Å²) in [7, 11) is -2.83. The Morgan fingerprint density at radius 2 is 1.95 bits per heavy atom. The topological polar surface area (TPSA) is 46.2 Å². The number of fused-ring (bicyclic) bond motifs is 1. The molecule has 0 saturated carbocycles. The summed E-state index contributed by atoms with van der Waals surface area (Å²) in [6.45, 7) is 0. The molecule has 110 valence electrons. The van der Waals surface area contributed by atoms with Crippen LogP contribution in [0.1, 0.15) is 30.9 Å². The van der Waals surface area contributed by atoms with Crippen LogP contribution in [-0.4, -0.2) is 31.7 Å². The van der Waals surface area contributed by atoms with E-state index in [9.17, 15) is 12.8 Å². The van der Waals surface area contributed by atoms with E-state index in [1.165, 1.54) is 6.07 Å². The summed E-state index contributed by atoms with van der Waals surface area (Å²) in [6.07, 6.45) is 2.29. The summed E-state index contributed by atoms with van der Waals surface area (Å²) in [6, 6.07) is 5.60. The summed E-state index contributed by atoms with van der Waals surface area (Å²) >= 11 is 1.57. The number of nitrogens with one attached hydrogen (secondary N) is 1. The number of hydrogen-bond donors (Lipinski definition) is 1. The summed E-state index contributed by atoms with van der Waals surface area (Å²) in [5, 5.41) is 3.53. The molecule has 6 heteroatoms. The molecule has 1 atom stereocenters. The fraction of sp³-hybridized carbons (Fsp3) is 0.571. The lowest BCUT2D eigenvalue weighted by Crippen LogP contribution is -2.40. The molecule has 3 nitrogen and oxygen atoms in total. The zero-order chi connectivity index (χ0) is 14.2. The zero-order valence-corrected chi connectivity index (χ0v) is 12.8. The van der Waals surface area contributed by atoms with Gasteiger partial charge in [-0.3, -0.25) is 0 Å². The third kappa shape index (κ3) is 3.02. The Kier molecular flexibility index (Phi) is 4.06. The second-order valence-corrected chi connectivity index (χ2v) is 8.85. The van der Waals surface area contributed by atoms with Gasteiger partial charge in [-0.2, -0.15) is 0 Å². The van der Waals surface area contributed by atoms with Crippen molar-refractivity contribution in [2.24, 2.45) is 0 Å². The smallest absolute Gasteiger partial charge is 0.150 e. The number of hydrogen-bond acceptors (Lipinski definition) is 4. The van der Waals surface area contributed by atoms with Crippen LogP contribution < -0.4 is 5.32 Å². The minimum Gasteiger partial charge on any atom is -0.307 e. The van der Waals surface area contributed by atoms with Crippen molar-refractivity contribution in [2.75, 3.05) is 17.3 Å². The summed E-state index contributed by atoms with van der Waals surface area (Å²) in [4.78, 5) is 0.750. The molecule has 1 N–H and O–H groups in total. The fourth-order valence-corrected chi connectivity index (χ4v) is 5.53. The Morgan fingerprint density at radius 1 is 1.20 bits per heavy atom. The maximum absolute atomic E-state index is 13.8. The van der Waals surface area contributed by atoms with E-state index in [0.717, 1.165) is 22.6 Å². The summed E-state index contributed by atoms with van der Waals surface area (Å²) in [5.41, 5.74) is 1.02. The Labute approximate surface area is 123 Å². The highest BCUT2D eigenvalue weighted by Crippen LogP contribution is 2.38. The van der Waals surface area contributed by atoms with Gasteiger partial charge >= 0.3 is 0 Å². The van der Waals surface area contributed by atoms with Crippen molar-refractivity contribution in [3.8, 4) is 0 Å². The number of benzene rings is 1. The molecular formula is C14H18FNO2S2. The molecule has 1 aromatic carbocycles. The third-order valence-electron chi connectivity index (χ3n) is 4.02. The highest BCUT2D eigenvalue weighted by atomic mass is 32.2. The van der Waals surface area contributed by atoms with Gasteiger partial charge in [-0.1, -0.05) is 12.1 Å². The molecule has 0 radical (unpaired) electrons. The van der Waals surface area contributed by atoms with Gasteiger partial charge < -0.3 is 5.32 Å². The second-order valence-electron chi connectivity index (χ2n) is 5.44. The van der Waals surface area contributed by atoms with Crippen LogP contribution >= 0.6 is 11.8 Å². The molecule has 0 aliphatic carbocycles. The van der Waals surface area contributed by atoms with Crippen molar-refractivity contribution in [3.05, 3.63) is 29.6 Å². The van der Waals surface area contributed by atoms with E-state index >= 15 is 0 Å². The SMILES string of the molecule is O=S1(=O)CCC(NC2CCSc3c(F)cccc32)CC1. The second kappa shape index (κ2) is 5.66. The van der Waals surface area contributed by atoms with Gasteiger partial charge in [0.05, 0.1) is 11.5 Å². The molecule has 1 fully saturated rings. The van der Waals surface area contributed by atoms with Crippen molar-refractivity contribution in [2.45, 2.75) is 36.2 Å². The average molecular weight is 315 g/mol. The van der Waals surface area contributed by atoms with E-state index in [1.54, 1.807) is 17.8 Å². The highest BCUT2D eigenvalue weighted by molar-refractivity contribution is 7.99. The van der Waals surface area contributed by atoms with Gasteiger partial charge in [-0.05, 0) is 36.6 Å². The average Bonchev–Trinajstić information content (AvgIpc) is 2.42. The first-order valence-corrected chi connectivity index (χ1v) is 9.73. The third-order valence-corrected chi connectivity index (χ3v) is 6.89. The monoisotopic (exact) mass is 315 g/mol. The highest BCUT2D eigenvalue weighted by Gasteiger charge is 2.28. The van der Waals surface area contributed by atoms with Gasteiger partial charge in [0, 0.05) is 17.0 Å². The molecule has 0 spiro atoms. The van der Waals surface area contributed by atoms with Crippen molar-refractivity contribution in [3.63, 3.8) is 0 Å². The van der Waals surface area contributed by atoms with Crippen LogP contribution in [0.25, 0.3) is 0 Å². The standard InChI is InChI=1S/C14H18FNO2S2/c15-12-3-1-2-11-13(4-7-19-14(11)12)16-10-5-8-20(17,18)9-6-10/h1-3,10,13,16H,4-9H2. The van der Waals surface area contributed by atoms with Gasteiger partial charge in [0.2, 0.25) is 0 Å². The molecule has 1 aromatic rings. The molecule has 2 aliphatic heterocycles. The largest absolute Gasteiger partial charge is 0.307 e. The minimum atomic E-state index is -2.83. The van der Waals surface area contributed by atoms with Gasteiger partial charge in [-0.25, -0.2) is 12.8 Å². The molecule has 20 heavy (non-hydrogen) atoms. The molecule has 2 heterocycles. The molecule has 1 saturated heterocycles. The van der Waals surface area contributed by atoms with E-state index in [1.807, 2.05) is 6.07 Å². The van der Waals surface area contributed by atoms with Crippen LogP contribution in [0.4, 0.5) is 4.39 Å². The first kappa shape index (κ1) is 14.4. The quantitative estimate of drug-likeness (QED) is 0.911. The van der Waals surface area contributed by atoms with Crippen LogP contribution in [0, 0.1) is 5.82 Å². The molecule has 0 aromatic heterocycles. The maximum Gasteiger partial charge on any atom is 0.150 e. The Hall–Kier alpha value is -0.590. The molecular weight excluding hydrogens is 297 g/mol. The number of rotatable bonds is 2. The number of halogens is 1. The van der Waals surface area contributed by atoms with Crippen molar-refractivity contribution in [1.82, 2.24) is 5.32 Å². The van der Waals surface area contributed by atoms with Gasteiger partial charge in [-0.15, -0.1) is 11.8 Å². The van der Waals surface area contributed by atoms with E-state index in [0.29, 0.717) is 12.8 Å². The van der Waals surface area contributed by atoms with Crippen LogP contribution in [0.5, 0.6) is 0 Å². The van der Waals surface area contributed by atoms with Crippen molar-refractivity contribution >= 4 is 21.6 Å². The lowest BCUT2D eigenvalue weighted by Gasteiger charge is -2.32. The van der Waals surface area contributed by atoms with Crippen LogP contribution in [0.3, 0.4) is 0 Å². The first-order valence-electron chi connectivity index (χ1n) is 6.93. The van der Waals surface area contributed by atoms with E-state index in [-0.39, 0.29) is 29.4 Å². The van der Waals surface area contributed by atoms with Crippen LogP contribution in [-0.2, 0) is 9.84 Å². The molecule has 2 aliphatic rings. The lowest BCUT2D eigenvalue weighted by molar-refractivity contribution is 0.391. The minimum absolute atomic E-state index is 0.146. The van der Waals surface area contributed by atoms with E-state index in [4.69, 9.17) is 0 Å². The molecule has 1 unspecified atom stereocenters. The number of sulfone groups is 1. The first-order chi connectivity index (χ1) is 9.55. The molecule has 3 rings (SSSR count). The Bertz CT molecular complexity index is 589. The predicted octanol–water partition coefficient (Wildman–Crippen LogP) is 2.53. The Balaban J connectivity index is 1.73. The zero-order valence-electron chi connectivity index (χ0n) is 11.1. The maximum atomic E-state index is 13.8. The van der Waals surface area contributed by atoms with Crippen LogP contribution in [0.2, 0.25) is 0 Å². The molecule has 0 bridgehead atoms. The predicted molar refractivity (Wildman–Crippen MR) is 79.3 cm³/mol. The lowest BCUT2D eigenvalue weighted by atomic mass is 10.0. The van der Waals surface area contributed by atoms with Crippen molar-refractivity contribution in [1.29, 1.82) is 0 Å². The van der Waals surface area contributed by atoms with Gasteiger partial charge in [0.15, 0.2) is 0 Å². The van der Waals surface area contributed by atoms with E-state index < -0.39 is 9.84 Å². The van der Waals surface area contributed by atoms with Crippen molar-refractivity contribution < 1.29 is 12.8 Å². The summed E-state index contributed by atoms with van der Waals surface area (Å²) < 4.78 is 36.7. The summed E-state index contributed by atoms with van der Waals surface area (Å²) in [5.74, 6) is 1.28. The van der Waals surface area contributed by atoms with E-state index in [2.05, 4.69) is 5.32 Å². The number of thioether (sulfide) groups is 1.